The van der Waals surface area contributed by atoms with Crippen LogP contribution in [0.2, 0.25) is 0 Å². The quantitative estimate of drug-likeness (QED) is 0.728. The highest BCUT2D eigenvalue weighted by atomic mass is 79.9. The predicted octanol–water partition coefficient (Wildman–Crippen LogP) is 2.92. The Kier molecular flexibility index (Phi) is 3.20. The highest BCUT2D eigenvalue weighted by Gasteiger charge is 2.09. The third-order valence-corrected chi connectivity index (χ3v) is 2.51. The van der Waals surface area contributed by atoms with Crippen molar-refractivity contribution >= 4 is 15.9 Å². The van der Waals surface area contributed by atoms with Crippen molar-refractivity contribution < 1.29 is 0 Å². The Morgan fingerprint density at radius 3 is 2.50 bits per heavy atom. The first-order valence-corrected chi connectivity index (χ1v) is 4.95. The Morgan fingerprint density at radius 1 is 1.42 bits per heavy atom. The average molecular weight is 229 g/mol. The van der Waals surface area contributed by atoms with E-state index in [0.717, 1.165) is 16.7 Å². The van der Waals surface area contributed by atoms with Gasteiger partial charge in [0.2, 0.25) is 0 Å². The minimum Gasteiger partial charge on any atom is -0.241 e. The van der Waals surface area contributed by atoms with E-state index in [1.807, 2.05) is 0 Å². The molecule has 1 aromatic heterocycles. The molecule has 0 atom stereocenters. The Morgan fingerprint density at radius 2 is 2.08 bits per heavy atom. The molecule has 1 aromatic rings. The van der Waals surface area contributed by atoms with E-state index in [1.165, 1.54) is 5.56 Å². The summed E-state index contributed by atoms with van der Waals surface area (Å²) in [5.41, 5.74) is 2.38. The summed E-state index contributed by atoms with van der Waals surface area (Å²) < 4.78 is 0.934. The van der Waals surface area contributed by atoms with Crippen molar-refractivity contribution in [2.24, 2.45) is 0 Å². The van der Waals surface area contributed by atoms with Crippen LogP contribution in [0.25, 0.3) is 0 Å². The van der Waals surface area contributed by atoms with Crippen LogP contribution >= 0.6 is 15.9 Å². The molecule has 1 rings (SSSR count). The number of halogens is 1. The standard InChI is InChI=1S/C9H13BrN2/c1-4-7-8(6(2)3)11-5-12-9(7)10/h5-6H,4H2,1-3H3. The molecule has 0 aliphatic carbocycles. The van der Waals surface area contributed by atoms with Crippen molar-refractivity contribution in [3.63, 3.8) is 0 Å². The molecule has 0 radical (unpaired) electrons. The summed E-state index contributed by atoms with van der Waals surface area (Å²) in [6.45, 7) is 6.41. The van der Waals surface area contributed by atoms with Crippen LogP contribution in [0.15, 0.2) is 10.9 Å². The minimum atomic E-state index is 0.472. The maximum Gasteiger partial charge on any atom is 0.117 e. The SMILES string of the molecule is CCc1c(Br)ncnc1C(C)C. The van der Waals surface area contributed by atoms with E-state index in [9.17, 15) is 0 Å². The second-order valence-electron chi connectivity index (χ2n) is 3.04. The molecule has 0 saturated carbocycles. The molecule has 66 valence electrons. The molecule has 0 spiro atoms. The van der Waals surface area contributed by atoms with Crippen LogP contribution in [0.1, 0.15) is 37.9 Å². The number of hydrogen-bond donors (Lipinski definition) is 0. The van der Waals surface area contributed by atoms with Gasteiger partial charge >= 0.3 is 0 Å². The van der Waals surface area contributed by atoms with Gasteiger partial charge in [0.25, 0.3) is 0 Å². The monoisotopic (exact) mass is 228 g/mol. The summed E-state index contributed by atoms with van der Waals surface area (Å²) in [5, 5.41) is 0. The first kappa shape index (κ1) is 9.65. The van der Waals surface area contributed by atoms with Crippen molar-refractivity contribution in [3.8, 4) is 0 Å². The Balaban J connectivity index is 3.18. The highest BCUT2D eigenvalue weighted by molar-refractivity contribution is 9.10. The number of aromatic nitrogens is 2. The van der Waals surface area contributed by atoms with Gasteiger partial charge in [0, 0.05) is 5.56 Å². The van der Waals surface area contributed by atoms with Crippen LogP contribution < -0.4 is 0 Å². The molecule has 0 N–H and O–H groups in total. The lowest BCUT2D eigenvalue weighted by molar-refractivity contribution is 0.783. The van der Waals surface area contributed by atoms with Gasteiger partial charge in [0.1, 0.15) is 10.9 Å². The Labute approximate surface area is 81.6 Å². The predicted molar refractivity (Wildman–Crippen MR) is 53.2 cm³/mol. The van der Waals surface area contributed by atoms with Crippen molar-refractivity contribution in [1.82, 2.24) is 9.97 Å². The van der Waals surface area contributed by atoms with Crippen LogP contribution in [-0.4, -0.2) is 9.97 Å². The largest absolute Gasteiger partial charge is 0.241 e. The molecule has 2 nitrogen and oxygen atoms in total. The van der Waals surface area contributed by atoms with Gasteiger partial charge < -0.3 is 0 Å². The lowest BCUT2D eigenvalue weighted by Crippen LogP contribution is -2.01. The second-order valence-corrected chi connectivity index (χ2v) is 3.79. The third-order valence-electron chi connectivity index (χ3n) is 1.83. The first-order chi connectivity index (χ1) is 5.66. The van der Waals surface area contributed by atoms with Gasteiger partial charge in [-0.15, -0.1) is 0 Å². The number of hydrogen-bond acceptors (Lipinski definition) is 2. The zero-order chi connectivity index (χ0) is 9.14. The van der Waals surface area contributed by atoms with E-state index < -0.39 is 0 Å². The topological polar surface area (TPSA) is 25.8 Å². The van der Waals surface area contributed by atoms with Gasteiger partial charge in [0.05, 0.1) is 5.69 Å². The maximum atomic E-state index is 4.27. The zero-order valence-corrected chi connectivity index (χ0v) is 9.22. The lowest BCUT2D eigenvalue weighted by Gasteiger charge is -2.10. The summed E-state index contributed by atoms with van der Waals surface area (Å²) in [6, 6.07) is 0. The summed E-state index contributed by atoms with van der Waals surface area (Å²) in [7, 11) is 0. The maximum absolute atomic E-state index is 4.27. The first-order valence-electron chi connectivity index (χ1n) is 4.16. The molecule has 0 aromatic carbocycles. The Bertz CT molecular complexity index is 271. The molecule has 0 saturated heterocycles. The van der Waals surface area contributed by atoms with Gasteiger partial charge in [-0.1, -0.05) is 20.8 Å². The molecule has 0 amide bonds. The summed E-state index contributed by atoms with van der Waals surface area (Å²) in [6.07, 6.45) is 2.59. The van der Waals surface area contributed by atoms with Crippen molar-refractivity contribution in [2.45, 2.75) is 33.1 Å². The molecule has 1 heterocycles. The molecule has 0 bridgehead atoms. The van der Waals surface area contributed by atoms with Crippen molar-refractivity contribution in [3.05, 3.63) is 22.2 Å². The van der Waals surface area contributed by atoms with Crippen LogP contribution in [0.4, 0.5) is 0 Å². The highest BCUT2D eigenvalue weighted by Crippen LogP contribution is 2.22. The number of nitrogens with zero attached hydrogens (tertiary/aromatic N) is 2. The van der Waals surface area contributed by atoms with E-state index >= 15 is 0 Å². The van der Waals surface area contributed by atoms with Gasteiger partial charge in [-0.3, -0.25) is 0 Å². The lowest BCUT2D eigenvalue weighted by atomic mass is 10.0. The summed E-state index contributed by atoms with van der Waals surface area (Å²) in [4.78, 5) is 8.37. The van der Waals surface area contributed by atoms with Gasteiger partial charge in [-0.2, -0.15) is 0 Å². The zero-order valence-electron chi connectivity index (χ0n) is 7.63. The summed E-state index contributed by atoms with van der Waals surface area (Å²) >= 11 is 3.42. The smallest absolute Gasteiger partial charge is 0.117 e. The molecule has 12 heavy (non-hydrogen) atoms. The fraction of sp³-hybridized carbons (Fsp3) is 0.556. The second kappa shape index (κ2) is 3.99. The van der Waals surface area contributed by atoms with Crippen LogP contribution in [-0.2, 0) is 6.42 Å². The third kappa shape index (κ3) is 1.83. The molecule has 0 aliphatic rings. The van der Waals surface area contributed by atoms with Crippen LogP contribution in [0.3, 0.4) is 0 Å². The molecular formula is C9H13BrN2. The van der Waals surface area contributed by atoms with Gasteiger partial charge in [-0.25, -0.2) is 9.97 Å². The fourth-order valence-corrected chi connectivity index (χ4v) is 1.80. The normalized spacial score (nSPS) is 10.8. The minimum absolute atomic E-state index is 0.472. The molecule has 3 heteroatoms. The fourth-order valence-electron chi connectivity index (χ4n) is 1.23. The van der Waals surface area contributed by atoms with Gasteiger partial charge in [-0.05, 0) is 28.3 Å². The van der Waals surface area contributed by atoms with Gasteiger partial charge in [0.15, 0.2) is 0 Å². The van der Waals surface area contributed by atoms with E-state index in [-0.39, 0.29) is 0 Å². The van der Waals surface area contributed by atoms with E-state index in [0.29, 0.717) is 5.92 Å². The van der Waals surface area contributed by atoms with Crippen LogP contribution in [0, 0.1) is 0 Å². The molecular weight excluding hydrogens is 216 g/mol. The van der Waals surface area contributed by atoms with E-state index in [2.05, 4.69) is 46.7 Å². The molecule has 0 aliphatic heterocycles. The van der Waals surface area contributed by atoms with Crippen molar-refractivity contribution in [2.75, 3.05) is 0 Å². The van der Waals surface area contributed by atoms with E-state index in [1.54, 1.807) is 6.33 Å². The van der Waals surface area contributed by atoms with Crippen molar-refractivity contribution in [1.29, 1.82) is 0 Å². The molecule has 0 fully saturated rings. The van der Waals surface area contributed by atoms with Crippen LogP contribution in [0.5, 0.6) is 0 Å². The average Bonchev–Trinajstić information content (AvgIpc) is 2.03. The summed E-state index contributed by atoms with van der Waals surface area (Å²) in [5.74, 6) is 0.472. The molecule has 0 unspecified atom stereocenters. The van der Waals surface area contributed by atoms with E-state index in [4.69, 9.17) is 0 Å². The number of rotatable bonds is 2. The Hall–Kier alpha value is -0.440.